The number of imidazole rings is 1. The molecule has 0 aliphatic heterocycles. The summed E-state index contributed by atoms with van der Waals surface area (Å²) in [5.41, 5.74) is -0.794. The average Bonchev–Trinajstić information content (AvgIpc) is 2.55. The summed E-state index contributed by atoms with van der Waals surface area (Å²) >= 11 is 0. The van der Waals surface area contributed by atoms with Gasteiger partial charge in [-0.15, -0.1) is 0 Å². The molecule has 0 fully saturated rings. The van der Waals surface area contributed by atoms with E-state index in [4.69, 9.17) is 4.74 Å². The highest BCUT2D eigenvalue weighted by molar-refractivity contribution is 5.46. The van der Waals surface area contributed by atoms with Crippen molar-refractivity contribution in [3.05, 3.63) is 30.1 Å². The largest absolute Gasteiger partial charge is 0.480 e. The van der Waals surface area contributed by atoms with E-state index in [1.807, 2.05) is 0 Å². The maximum absolute atomic E-state index is 12.5. The lowest BCUT2D eigenvalue weighted by molar-refractivity contribution is -0.142. The predicted octanol–water partition coefficient (Wildman–Crippen LogP) is 2.36. The Kier molecular flexibility index (Phi) is 2.06. The molecule has 15 heavy (non-hydrogen) atoms. The van der Waals surface area contributed by atoms with Gasteiger partial charge in [0.1, 0.15) is 5.65 Å². The summed E-state index contributed by atoms with van der Waals surface area (Å²) < 4.78 is 43.5. The summed E-state index contributed by atoms with van der Waals surface area (Å²) in [6.45, 7) is 0. The Balaban J connectivity index is 2.75. The number of ether oxygens (including phenoxy) is 1. The van der Waals surface area contributed by atoms with E-state index < -0.39 is 11.9 Å². The third-order valence-electron chi connectivity index (χ3n) is 1.95. The summed E-state index contributed by atoms with van der Waals surface area (Å²) in [7, 11) is 1.19. The van der Waals surface area contributed by atoms with Crippen molar-refractivity contribution in [3.63, 3.8) is 0 Å². The predicted molar refractivity (Wildman–Crippen MR) is 46.7 cm³/mol. The van der Waals surface area contributed by atoms with E-state index in [2.05, 4.69) is 4.98 Å². The first-order valence-corrected chi connectivity index (χ1v) is 4.12. The minimum absolute atomic E-state index is 0.210. The third-order valence-corrected chi connectivity index (χ3v) is 1.95. The second-order valence-electron chi connectivity index (χ2n) is 2.90. The standard InChI is InChI=1S/C9H7F3N2O/c1-15-8-7(9(10,11)12)13-6-4-2-3-5-14(6)8/h2-5H,1H3. The highest BCUT2D eigenvalue weighted by Crippen LogP contribution is 2.35. The van der Waals surface area contributed by atoms with Crippen molar-refractivity contribution in [1.82, 2.24) is 9.38 Å². The van der Waals surface area contributed by atoms with Crippen LogP contribution in [0.3, 0.4) is 0 Å². The SMILES string of the molecule is COc1c(C(F)(F)F)nc2ccccn12. The third kappa shape index (κ3) is 1.51. The van der Waals surface area contributed by atoms with E-state index in [0.29, 0.717) is 0 Å². The van der Waals surface area contributed by atoms with E-state index in [1.165, 1.54) is 23.8 Å². The molecule has 0 aliphatic carbocycles. The molecule has 3 nitrogen and oxygen atoms in total. The zero-order chi connectivity index (χ0) is 11.1. The molecule has 2 aromatic rings. The summed E-state index contributed by atoms with van der Waals surface area (Å²) in [5.74, 6) is -0.293. The molecule has 0 aromatic carbocycles. The van der Waals surface area contributed by atoms with Crippen molar-refractivity contribution < 1.29 is 17.9 Å². The molecule has 0 radical (unpaired) electrons. The number of hydrogen-bond donors (Lipinski definition) is 0. The number of alkyl halides is 3. The number of fused-ring (bicyclic) bond motifs is 1. The van der Waals surface area contributed by atoms with E-state index in [1.54, 1.807) is 12.1 Å². The first-order chi connectivity index (χ1) is 7.04. The second kappa shape index (κ2) is 3.15. The van der Waals surface area contributed by atoms with Crippen LogP contribution in [0.25, 0.3) is 5.65 Å². The van der Waals surface area contributed by atoms with Crippen LogP contribution < -0.4 is 4.74 Å². The maximum Gasteiger partial charge on any atom is 0.438 e. The van der Waals surface area contributed by atoms with E-state index in [0.717, 1.165) is 0 Å². The molecule has 80 valence electrons. The van der Waals surface area contributed by atoms with E-state index >= 15 is 0 Å². The van der Waals surface area contributed by atoms with Gasteiger partial charge in [0.15, 0.2) is 0 Å². The van der Waals surface area contributed by atoms with Crippen LogP contribution in [0, 0.1) is 0 Å². The van der Waals surface area contributed by atoms with Crippen LogP contribution in [0.5, 0.6) is 5.88 Å². The van der Waals surface area contributed by atoms with Gasteiger partial charge in [0, 0.05) is 6.20 Å². The van der Waals surface area contributed by atoms with Crippen LogP contribution in [-0.2, 0) is 6.18 Å². The van der Waals surface area contributed by atoms with Gasteiger partial charge in [0.05, 0.1) is 7.11 Å². The van der Waals surface area contributed by atoms with Gasteiger partial charge < -0.3 is 4.74 Å². The van der Waals surface area contributed by atoms with Crippen LogP contribution in [-0.4, -0.2) is 16.5 Å². The molecule has 2 rings (SSSR count). The highest BCUT2D eigenvalue weighted by atomic mass is 19.4. The lowest BCUT2D eigenvalue weighted by Crippen LogP contribution is -2.07. The maximum atomic E-state index is 12.5. The lowest BCUT2D eigenvalue weighted by atomic mass is 10.4. The molecule has 0 amide bonds. The number of hydrogen-bond acceptors (Lipinski definition) is 2. The van der Waals surface area contributed by atoms with Crippen molar-refractivity contribution in [2.45, 2.75) is 6.18 Å². The normalized spacial score (nSPS) is 12.0. The lowest BCUT2D eigenvalue weighted by Gasteiger charge is -2.05. The van der Waals surface area contributed by atoms with Crippen molar-refractivity contribution in [2.24, 2.45) is 0 Å². The number of aromatic nitrogens is 2. The number of rotatable bonds is 1. The molecule has 0 atom stereocenters. The molecule has 0 bridgehead atoms. The van der Waals surface area contributed by atoms with Gasteiger partial charge in [-0.25, -0.2) is 4.98 Å². The van der Waals surface area contributed by atoms with Gasteiger partial charge in [-0.2, -0.15) is 13.2 Å². The van der Waals surface area contributed by atoms with Crippen LogP contribution in [0.4, 0.5) is 13.2 Å². The second-order valence-corrected chi connectivity index (χ2v) is 2.90. The van der Waals surface area contributed by atoms with Gasteiger partial charge in [-0.3, -0.25) is 4.40 Å². The highest BCUT2D eigenvalue weighted by Gasteiger charge is 2.38. The molecular formula is C9H7F3N2O. The summed E-state index contributed by atoms with van der Waals surface area (Å²) in [5, 5.41) is 0. The summed E-state index contributed by atoms with van der Waals surface area (Å²) in [6, 6.07) is 4.71. The van der Waals surface area contributed by atoms with Crippen molar-refractivity contribution in [3.8, 4) is 5.88 Å². The average molecular weight is 216 g/mol. The minimum atomic E-state index is -4.50. The van der Waals surface area contributed by atoms with Crippen molar-refractivity contribution >= 4 is 5.65 Å². The van der Waals surface area contributed by atoms with Gasteiger partial charge in [-0.1, -0.05) is 6.07 Å². The van der Waals surface area contributed by atoms with Gasteiger partial charge >= 0.3 is 6.18 Å². The van der Waals surface area contributed by atoms with Crippen LogP contribution in [0.15, 0.2) is 24.4 Å². The molecule has 0 saturated carbocycles. The van der Waals surface area contributed by atoms with Crippen LogP contribution in [0.2, 0.25) is 0 Å². The molecule has 0 aliphatic rings. The van der Waals surface area contributed by atoms with Gasteiger partial charge in [-0.05, 0) is 12.1 Å². The Morgan fingerprint density at radius 1 is 1.33 bits per heavy atom. The monoisotopic (exact) mass is 216 g/mol. The number of nitrogens with zero attached hydrogens (tertiary/aromatic N) is 2. The molecule has 0 N–H and O–H groups in total. The zero-order valence-corrected chi connectivity index (χ0v) is 7.75. The fourth-order valence-corrected chi connectivity index (χ4v) is 1.35. The molecule has 2 heterocycles. The number of halogens is 3. The number of methoxy groups -OCH3 is 1. The Hall–Kier alpha value is -1.72. The van der Waals surface area contributed by atoms with Crippen molar-refractivity contribution in [2.75, 3.05) is 7.11 Å². The van der Waals surface area contributed by atoms with E-state index in [9.17, 15) is 13.2 Å². The molecule has 2 aromatic heterocycles. The Morgan fingerprint density at radius 3 is 2.67 bits per heavy atom. The molecular weight excluding hydrogens is 209 g/mol. The van der Waals surface area contributed by atoms with Gasteiger partial charge in [0.2, 0.25) is 11.6 Å². The molecule has 0 spiro atoms. The summed E-state index contributed by atoms with van der Waals surface area (Å²) in [4.78, 5) is 3.47. The minimum Gasteiger partial charge on any atom is -0.480 e. The first kappa shape index (κ1) is 9.82. The smallest absolute Gasteiger partial charge is 0.438 e. The first-order valence-electron chi connectivity index (χ1n) is 4.12. The quantitative estimate of drug-likeness (QED) is 0.731. The molecule has 6 heteroatoms. The fraction of sp³-hybridized carbons (Fsp3) is 0.222. The van der Waals surface area contributed by atoms with Gasteiger partial charge in [0.25, 0.3) is 0 Å². The Bertz CT molecular complexity index is 490. The van der Waals surface area contributed by atoms with Crippen LogP contribution >= 0.6 is 0 Å². The molecule has 0 saturated heterocycles. The van der Waals surface area contributed by atoms with Crippen LogP contribution in [0.1, 0.15) is 5.69 Å². The van der Waals surface area contributed by atoms with E-state index in [-0.39, 0.29) is 11.5 Å². The zero-order valence-electron chi connectivity index (χ0n) is 7.75. The topological polar surface area (TPSA) is 26.5 Å². The fourth-order valence-electron chi connectivity index (χ4n) is 1.35. The van der Waals surface area contributed by atoms with Crippen molar-refractivity contribution in [1.29, 1.82) is 0 Å². The summed E-state index contributed by atoms with van der Waals surface area (Å²) in [6.07, 6.45) is -3.03. The Labute approximate surface area is 83.1 Å². The number of pyridine rings is 1. The molecule has 0 unspecified atom stereocenters. The Morgan fingerprint density at radius 2 is 2.07 bits per heavy atom.